The van der Waals surface area contributed by atoms with Crippen LogP contribution in [0.1, 0.15) is 12.8 Å². The highest BCUT2D eigenvalue weighted by Gasteiger charge is 2.19. The highest BCUT2D eigenvalue weighted by Crippen LogP contribution is 2.34. The van der Waals surface area contributed by atoms with E-state index < -0.39 is 0 Å². The van der Waals surface area contributed by atoms with Gasteiger partial charge >= 0.3 is 0 Å². The topological polar surface area (TPSA) is 97.0 Å². The fourth-order valence-corrected chi connectivity index (χ4v) is 5.25. The smallest absolute Gasteiger partial charge is 0.231 e. The zero-order chi connectivity index (χ0) is 25.0. The highest BCUT2D eigenvalue weighted by atomic mass is 15.2. The second-order valence-corrected chi connectivity index (χ2v) is 10.1. The number of piperidine rings is 1. The average molecular weight is 498 g/mol. The van der Waals surface area contributed by atoms with E-state index in [1.807, 2.05) is 30.7 Å². The summed E-state index contributed by atoms with van der Waals surface area (Å²) >= 11 is 0. The number of hydrogen-bond donors (Lipinski definition) is 4. The summed E-state index contributed by atoms with van der Waals surface area (Å²) in [6, 6.07) is 12.6. The number of hydrogen-bond acceptors (Lipinski definition) is 8. The van der Waals surface area contributed by atoms with Crippen molar-refractivity contribution in [2.75, 3.05) is 68.4 Å². The second kappa shape index (κ2) is 10.7. The number of nitrogens with zero attached hydrogens (tertiary/aromatic N) is 5. The third kappa shape index (κ3) is 5.38. The van der Waals surface area contributed by atoms with E-state index >= 15 is 0 Å². The molecule has 3 aromatic heterocycles. The molecule has 4 N–H and O–H groups in total. The molecule has 2 aliphatic heterocycles. The van der Waals surface area contributed by atoms with Gasteiger partial charge in [-0.05, 0) is 80.9 Å². The molecule has 9 nitrogen and oxygen atoms in total. The molecule has 2 aliphatic rings. The lowest BCUT2D eigenvalue weighted by molar-refractivity contribution is 0.313. The first-order valence-electron chi connectivity index (χ1n) is 13.3. The lowest BCUT2D eigenvalue weighted by atomic mass is 9.98. The van der Waals surface area contributed by atoms with Crippen molar-refractivity contribution >= 4 is 34.2 Å². The van der Waals surface area contributed by atoms with Crippen LogP contribution in [0.2, 0.25) is 0 Å². The molecular weight excluding hydrogens is 462 g/mol. The SMILES string of the molecule is CN1CCN(c2ccc(Nc3nc(NCC4CCNCC4)c4c(-c5ccncc5)c[nH]c4n3)cc2)CC1. The molecule has 0 atom stereocenters. The van der Waals surface area contributed by atoms with Crippen LogP contribution in [0.5, 0.6) is 0 Å². The Balaban J connectivity index is 1.26. The van der Waals surface area contributed by atoms with Crippen molar-refractivity contribution in [2.24, 2.45) is 5.92 Å². The summed E-state index contributed by atoms with van der Waals surface area (Å²) in [6.07, 6.45) is 8.00. The van der Waals surface area contributed by atoms with Crippen LogP contribution in [0.15, 0.2) is 55.0 Å². The van der Waals surface area contributed by atoms with Gasteiger partial charge in [0.25, 0.3) is 0 Å². The van der Waals surface area contributed by atoms with E-state index in [1.165, 1.54) is 18.5 Å². The summed E-state index contributed by atoms with van der Waals surface area (Å²) in [5, 5.41) is 11.6. The van der Waals surface area contributed by atoms with E-state index in [9.17, 15) is 0 Å². The molecule has 0 amide bonds. The maximum Gasteiger partial charge on any atom is 0.231 e. The molecule has 2 fully saturated rings. The summed E-state index contributed by atoms with van der Waals surface area (Å²) in [5.74, 6) is 2.07. The average Bonchev–Trinajstić information content (AvgIpc) is 3.38. The number of aromatic amines is 1. The summed E-state index contributed by atoms with van der Waals surface area (Å²) in [5.41, 5.74) is 5.21. The Labute approximate surface area is 217 Å². The number of nitrogens with one attached hydrogen (secondary N) is 4. The van der Waals surface area contributed by atoms with Crippen LogP contribution in [0, 0.1) is 5.92 Å². The third-order valence-electron chi connectivity index (χ3n) is 7.53. The lowest BCUT2D eigenvalue weighted by Gasteiger charge is -2.34. The van der Waals surface area contributed by atoms with Gasteiger partial charge in [0, 0.05) is 68.3 Å². The van der Waals surface area contributed by atoms with Gasteiger partial charge < -0.3 is 30.7 Å². The molecule has 6 rings (SSSR count). The Hall–Kier alpha value is -3.69. The Bertz CT molecular complexity index is 1310. The molecule has 0 spiro atoms. The quantitative estimate of drug-likeness (QED) is 0.305. The van der Waals surface area contributed by atoms with Gasteiger partial charge in [-0.3, -0.25) is 4.98 Å². The normalized spacial score (nSPS) is 17.3. The van der Waals surface area contributed by atoms with E-state index in [4.69, 9.17) is 9.97 Å². The predicted octanol–water partition coefficient (Wildman–Crippen LogP) is 3.93. The van der Waals surface area contributed by atoms with Crippen LogP contribution in [-0.2, 0) is 0 Å². The first-order chi connectivity index (χ1) is 18.2. The first-order valence-corrected chi connectivity index (χ1v) is 13.3. The zero-order valence-electron chi connectivity index (χ0n) is 21.4. The molecule has 0 radical (unpaired) electrons. The minimum absolute atomic E-state index is 0.579. The van der Waals surface area contributed by atoms with Crippen molar-refractivity contribution in [1.82, 2.24) is 30.2 Å². The summed E-state index contributed by atoms with van der Waals surface area (Å²) in [4.78, 5) is 22.2. The third-order valence-corrected chi connectivity index (χ3v) is 7.53. The number of aromatic nitrogens is 4. The van der Waals surface area contributed by atoms with Crippen molar-refractivity contribution in [1.29, 1.82) is 0 Å². The molecule has 9 heteroatoms. The number of likely N-dealkylation sites (N-methyl/N-ethyl adjacent to an activating group) is 1. The van der Waals surface area contributed by atoms with E-state index in [0.29, 0.717) is 11.9 Å². The Kier molecular flexibility index (Phi) is 6.88. The monoisotopic (exact) mass is 497 g/mol. The summed E-state index contributed by atoms with van der Waals surface area (Å²) < 4.78 is 0. The predicted molar refractivity (Wildman–Crippen MR) is 151 cm³/mol. The van der Waals surface area contributed by atoms with Crippen molar-refractivity contribution in [3.8, 4) is 11.1 Å². The van der Waals surface area contributed by atoms with Crippen molar-refractivity contribution in [3.63, 3.8) is 0 Å². The fourth-order valence-electron chi connectivity index (χ4n) is 5.25. The Morgan fingerprint density at radius 2 is 1.70 bits per heavy atom. The molecule has 0 saturated carbocycles. The van der Waals surface area contributed by atoms with Crippen LogP contribution in [-0.4, -0.2) is 77.7 Å². The molecular formula is C28H35N9. The number of pyridine rings is 1. The van der Waals surface area contributed by atoms with Crippen LogP contribution in [0.4, 0.5) is 23.1 Å². The molecule has 37 heavy (non-hydrogen) atoms. The van der Waals surface area contributed by atoms with Crippen LogP contribution < -0.4 is 20.9 Å². The van der Waals surface area contributed by atoms with Gasteiger partial charge in [0.1, 0.15) is 11.5 Å². The van der Waals surface area contributed by atoms with Gasteiger partial charge in [0.15, 0.2) is 0 Å². The van der Waals surface area contributed by atoms with Crippen LogP contribution in [0.3, 0.4) is 0 Å². The number of fused-ring (bicyclic) bond motifs is 1. The van der Waals surface area contributed by atoms with Gasteiger partial charge in [-0.2, -0.15) is 9.97 Å². The number of piperazine rings is 1. The zero-order valence-corrected chi connectivity index (χ0v) is 21.4. The standard InChI is InChI=1S/C28H35N9/c1-36-14-16-37(17-15-36)23-4-2-22(3-5-23)33-28-34-26(31-18-20-6-10-29-11-7-20)25-24(19-32-27(25)35-28)21-8-12-30-13-9-21/h2-5,8-9,12-13,19-20,29H,6-7,10-11,14-18H2,1H3,(H3,31,32,33,34,35). The minimum atomic E-state index is 0.579. The van der Waals surface area contributed by atoms with E-state index in [1.54, 1.807) is 0 Å². The first kappa shape index (κ1) is 23.7. The van der Waals surface area contributed by atoms with Crippen LogP contribution >= 0.6 is 0 Å². The molecule has 1 aromatic carbocycles. The van der Waals surface area contributed by atoms with Gasteiger partial charge in [-0.1, -0.05) is 0 Å². The number of anilines is 4. The van der Waals surface area contributed by atoms with E-state index in [-0.39, 0.29) is 0 Å². The maximum absolute atomic E-state index is 4.96. The largest absolute Gasteiger partial charge is 0.369 e. The number of H-pyrrole nitrogens is 1. The van der Waals surface area contributed by atoms with Crippen molar-refractivity contribution in [3.05, 3.63) is 55.0 Å². The van der Waals surface area contributed by atoms with Crippen LogP contribution in [0.25, 0.3) is 22.2 Å². The maximum atomic E-state index is 4.96. The van der Waals surface area contributed by atoms with Crippen molar-refractivity contribution < 1.29 is 0 Å². The molecule has 0 unspecified atom stereocenters. The summed E-state index contributed by atoms with van der Waals surface area (Å²) in [6.45, 7) is 7.36. The molecule has 4 aromatic rings. The van der Waals surface area contributed by atoms with Crippen molar-refractivity contribution in [2.45, 2.75) is 12.8 Å². The fraction of sp³-hybridized carbons (Fsp3) is 0.393. The molecule has 2 saturated heterocycles. The molecule has 192 valence electrons. The van der Waals surface area contributed by atoms with Gasteiger partial charge in [0.05, 0.1) is 5.39 Å². The van der Waals surface area contributed by atoms with Gasteiger partial charge in [-0.15, -0.1) is 0 Å². The second-order valence-electron chi connectivity index (χ2n) is 10.1. The molecule has 0 bridgehead atoms. The summed E-state index contributed by atoms with van der Waals surface area (Å²) in [7, 11) is 2.18. The minimum Gasteiger partial charge on any atom is -0.369 e. The van der Waals surface area contributed by atoms with Gasteiger partial charge in [0.2, 0.25) is 5.95 Å². The lowest BCUT2D eigenvalue weighted by Crippen LogP contribution is -2.44. The molecule has 0 aliphatic carbocycles. The number of benzene rings is 1. The Morgan fingerprint density at radius 1 is 0.946 bits per heavy atom. The van der Waals surface area contributed by atoms with E-state index in [0.717, 1.165) is 79.5 Å². The highest BCUT2D eigenvalue weighted by molar-refractivity contribution is 6.01. The molecule has 5 heterocycles. The Morgan fingerprint density at radius 3 is 2.46 bits per heavy atom. The number of rotatable bonds is 7. The van der Waals surface area contributed by atoms with Gasteiger partial charge in [-0.25, -0.2) is 0 Å². The van der Waals surface area contributed by atoms with E-state index in [2.05, 4.69) is 67.0 Å².